The van der Waals surface area contributed by atoms with E-state index in [2.05, 4.69) is 41.5 Å². The monoisotopic (exact) mass is 185 g/mol. The van der Waals surface area contributed by atoms with E-state index in [1.165, 1.54) is 12.8 Å². The molecule has 0 aliphatic heterocycles. The lowest BCUT2D eigenvalue weighted by atomic mass is 9.59. The fraction of sp³-hybridized carbons (Fsp3) is 1.00. The second-order valence-corrected chi connectivity index (χ2v) is 5.02. The summed E-state index contributed by atoms with van der Waals surface area (Å²) >= 11 is 0. The molecule has 0 aromatic rings. The van der Waals surface area contributed by atoms with E-state index in [1.54, 1.807) is 0 Å². The molecule has 0 radical (unpaired) electrons. The van der Waals surface area contributed by atoms with Crippen LogP contribution in [-0.4, -0.2) is 6.04 Å². The molecule has 2 N–H and O–H groups in total. The van der Waals surface area contributed by atoms with Crippen molar-refractivity contribution in [2.24, 2.45) is 16.6 Å². The van der Waals surface area contributed by atoms with Crippen LogP contribution in [0.25, 0.3) is 0 Å². The van der Waals surface area contributed by atoms with Gasteiger partial charge in [0.25, 0.3) is 0 Å². The van der Waals surface area contributed by atoms with E-state index in [1.807, 2.05) is 0 Å². The predicted molar refractivity (Wildman–Crippen MR) is 60.7 cm³/mol. The summed E-state index contributed by atoms with van der Waals surface area (Å²) in [4.78, 5) is 0. The normalized spacial score (nSPS) is 19.6. The Bertz CT molecular complexity index is 151. The number of nitrogens with two attached hydrogens (primary N) is 1. The highest BCUT2D eigenvalue weighted by atomic mass is 14.7. The minimum atomic E-state index is 0.274. The van der Waals surface area contributed by atoms with Crippen LogP contribution in [0, 0.1) is 10.8 Å². The maximum absolute atomic E-state index is 6.22. The summed E-state index contributed by atoms with van der Waals surface area (Å²) in [6, 6.07) is 0.326. The van der Waals surface area contributed by atoms with E-state index in [4.69, 9.17) is 5.73 Å². The Kier molecular flexibility index (Phi) is 4.44. The third-order valence-electron chi connectivity index (χ3n) is 4.42. The van der Waals surface area contributed by atoms with Crippen molar-refractivity contribution < 1.29 is 0 Å². The van der Waals surface area contributed by atoms with Gasteiger partial charge in [0, 0.05) is 6.04 Å². The summed E-state index contributed by atoms with van der Waals surface area (Å²) in [7, 11) is 0. The standard InChI is InChI=1S/C12H27N/c1-7-10(13)12(6,9-3)11(4,5)8-2/h10H,7-9,13H2,1-6H3. The van der Waals surface area contributed by atoms with Crippen LogP contribution in [0.1, 0.15) is 60.8 Å². The van der Waals surface area contributed by atoms with E-state index in [-0.39, 0.29) is 5.41 Å². The molecular weight excluding hydrogens is 158 g/mol. The summed E-state index contributed by atoms with van der Waals surface area (Å²) in [5.74, 6) is 0. The average Bonchev–Trinajstić information content (AvgIpc) is 2.14. The van der Waals surface area contributed by atoms with Crippen molar-refractivity contribution in [1.29, 1.82) is 0 Å². The fourth-order valence-corrected chi connectivity index (χ4v) is 2.10. The molecule has 0 bridgehead atoms. The second kappa shape index (κ2) is 4.45. The van der Waals surface area contributed by atoms with Crippen LogP contribution in [0.3, 0.4) is 0 Å². The van der Waals surface area contributed by atoms with Crippen LogP contribution < -0.4 is 5.73 Å². The molecule has 2 atom stereocenters. The van der Waals surface area contributed by atoms with Crippen molar-refractivity contribution in [3.63, 3.8) is 0 Å². The maximum Gasteiger partial charge on any atom is 0.00952 e. The molecule has 0 saturated carbocycles. The van der Waals surface area contributed by atoms with Crippen molar-refractivity contribution in [3.05, 3.63) is 0 Å². The van der Waals surface area contributed by atoms with Gasteiger partial charge < -0.3 is 5.73 Å². The number of hydrogen-bond donors (Lipinski definition) is 1. The molecule has 0 aromatic carbocycles. The predicted octanol–water partition coefficient (Wildman–Crippen LogP) is 3.58. The van der Waals surface area contributed by atoms with Gasteiger partial charge in [-0.05, 0) is 23.7 Å². The molecule has 13 heavy (non-hydrogen) atoms. The van der Waals surface area contributed by atoms with Gasteiger partial charge in [-0.2, -0.15) is 0 Å². The number of hydrogen-bond acceptors (Lipinski definition) is 1. The van der Waals surface area contributed by atoms with Crippen LogP contribution in [-0.2, 0) is 0 Å². The van der Waals surface area contributed by atoms with E-state index in [0.29, 0.717) is 11.5 Å². The number of rotatable bonds is 5. The molecule has 0 aliphatic carbocycles. The second-order valence-electron chi connectivity index (χ2n) is 5.02. The SMILES string of the molecule is CCC(N)C(C)(CC)C(C)(C)CC. The smallest absolute Gasteiger partial charge is 0.00952 e. The lowest BCUT2D eigenvalue weighted by Crippen LogP contribution is -2.48. The molecule has 0 spiro atoms. The average molecular weight is 185 g/mol. The highest BCUT2D eigenvalue weighted by Gasteiger charge is 2.41. The summed E-state index contributed by atoms with van der Waals surface area (Å²) in [5.41, 5.74) is 6.84. The fourth-order valence-electron chi connectivity index (χ4n) is 2.10. The summed E-state index contributed by atoms with van der Waals surface area (Å²) in [6.07, 6.45) is 3.45. The van der Waals surface area contributed by atoms with E-state index in [9.17, 15) is 0 Å². The first kappa shape index (κ1) is 13.0. The van der Waals surface area contributed by atoms with Crippen LogP contribution in [0.2, 0.25) is 0 Å². The first-order chi connectivity index (χ1) is 5.85. The first-order valence-corrected chi connectivity index (χ1v) is 5.61. The third kappa shape index (κ3) is 2.25. The van der Waals surface area contributed by atoms with Crippen molar-refractivity contribution in [2.45, 2.75) is 66.8 Å². The third-order valence-corrected chi connectivity index (χ3v) is 4.42. The Morgan fingerprint density at radius 1 is 1.00 bits per heavy atom. The van der Waals surface area contributed by atoms with Gasteiger partial charge in [-0.1, -0.05) is 48.0 Å². The van der Waals surface area contributed by atoms with Gasteiger partial charge in [-0.25, -0.2) is 0 Å². The molecule has 80 valence electrons. The summed E-state index contributed by atoms with van der Waals surface area (Å²) < 4.78 is 0. The van der Waals surface area contributed by atoms with Gasteiger partial charge in [0.15, 0.2) is 0 Å². The summed E-state index contributed by atoms with van der Waals surface area (Å²) in [6.45, 7) is 13.7. The van der Waals surface area contributed by atoms with E-state index < -0.39 is 0 Å². The van der Waals surface area contributed by atoms with Crippen LogP contribution >= 0.6 is 0 Å². The Balaban J connectivity index is 4.81. The van der Waals surface area contributed by atoms with Crippen LogP contribution in [0.5, 0.6) is 0 Å². The lowest BCUT2D eigenvalue weighted by molar-refractivity contribution is 0.0468. The molecule has 0 aliphatic rings. The molecule has 0 fully saturated rings. The topological polar surface area (TPSA) is 26.0 Å². The Labute approximate surface area is 84.1 Å². The first-order valence-electron chi connectivity index (χ1n) is 5.61. The van der Waals surface area contributed by atoms with Crippen molar-refractivity contribution >= 4 is 0 Å². The largest absolute Gasteiger partial charge is 0.327 e. The minimum Gasteiger partial charge on any atom is -0.327 e. The van der Waals surface area contributed by atoms with Crippen molar-refractivity contribution in [3.8, 4) is 0 Å². The maximum atomic E-state index is 6.22. The van der Waals surface area contributed by atoms with Gasteiger partial charge >= 0.3 is 0 Å². The molecule has 0 aromatic heterocycles. The van der Waals surface area contributed by atoms with Gasteiger partial charge in [-0.15, -0.1) is 0 Å². The van der Waals surface area contributed by atoms with Crippen molar-refractivity contribution in [1.82, 2.24) is 0 Å². The van der Waals surface area contributed by atoms with Crippen LogP contribution in [0.15, 0.2) is 0 Å². The summed E-state index contributed by atoms with van der Waals surface area (Å²) in [5, 5.41) is 0. The molecule has 1 heteroatoms. The zero-order valence-electron chi connectivity index (χ0n) is 10.3. The molecule has 2 unspecified atom stereocenters. The minimum absolute atomic E-state index is 0.274. The van der Waals surface area contributed by atoms with Crippen LogP contribution in [0.4, 0.5) is 0 Å². The van der Waals surface area contributed by atoms with Crippen molar-refractivity contribution in [2.75, 3.05) is 0 Å². The zero-order valence-corrected chi connectivity index (χ0v) is 10.3. The Morgan fingerprint density at radius 3 is 1.69 bits per heavy atom. The Hall–Kier alpha value is -0.0400. The highest BCUT2D eigenvalue weighted by molar-refractivity contribution is 4.94. The van der Waals surface area contributed by atoms with E-state index >= 15 is 0 Å². The zero-order chi connectivity index (χ0) is 10.7. The van der Waals surface area contributed by atoms with Gasteiger partial charge in [0.2, 0.25) is 0 Å². The van der Waals surface area contributed by atoms with Gasteiger partial charge in [0.1, 0.15) is 0 Å². The highest BCUT2D eigenvalue weighted by Crippen LogP contribution is 2.46. The van der Waals surface area contributed by atoms with Gasteiger partial charge in [-0.3, -0.25) is 0 Å². The molecule has 0 saturated heterocycles. The quantitative estimate of drug-likeness (QED) is 0.696. The molecule has 1 nitrogen and oxygen atoms in total. The lowest BCUT2D eigenvalue weighted by Gasteiger charge is -2.47. The molecule has 0 amide bonds. The van der Waals surface area contributed by atoms with Gasteiger partial charge in [0.05, 0.1) is 0 Å². The Morgan fingerprint density at radius 2 is 1.46 bits per heavy atom. The molecular formula is C12H27N. The molecule has 0 heterocycles. The molecule has 0 rings (SSSR count). The van der Waals surface area contributed by atoms with E-state index in [0.717, 1.165) is 6.42 Å².